The molecule has 0 aromatic heterocycles. The highest BCUT2D eigenvalue weighted by Gasteiger charge is 2.32. The minimum Gasteiger partial charge on any atom is -0.497 e. The largest absolute Gasteiger partial charge is 0.497 e. The van der Waals surface area contributed by atoms with Crippen molar-refractivity contribution in [1.29, 1.82) is 0 Å². The van der Waals surface area contributed by atoms with Gasteiger partial charge in [-0.2, -0.15) is 0 Å². The lowest BCUT2D eigenvalue weighted by Crippen LogP contribution is -2.47. The maximum atomic E-state index is 14.6. The van der Waals surface area contributed by atoms with Crippen LogP contribution in [-0.4, -0.2) is 51.4 Å². The van der Waals surface area contributed by atoms with Crippen molar-refractivity contribution >= 4 is 0 Å². The first kappa shape index (κ1) is 15.7. The minimum atomic E-state index is -0.158. The number of nitrogens with one attached hydrogen (secondary N) is 1. The molecule has 0 spiro atoms. The fourth-order valence-electron chi connectivity index (χ4n) is 3.62. The Labute approximate surface area is 131 Å². The molecule has 2 fully saturated rings. The van der Waals surface area contributed by atoms with Crippen LogP contribution in [0.5, 0.6) is 5.75 Å². The summed E-state index contributed by atoms with van der Waals surface area (Å²) in [5, 5.41) is 3.38. The number of hydrogen-bond donors (Lipinski definition) is 1. The van der Waals surface area contributed by atoms with Crippen LogP contribution in [0.4, 0.5) is 4.39 Å². The molecule has 22 heavy (non-hydrogen) atoms. The van der Waals surface area contributed by atoms with Crippen LogP contribution in [0.25, 0.3) is 0 Å². The van der Waals surface area contributed by atoms with Gasteiger partial charge in [0.15, 0.2) is 0 Å². The first-order chi connectivity index (χ1) is 10.8. The molecule has 0 amide bonds. The van der Waals surface area contributed by atoms with Crippen LogP contribution in [0.2, 0.25) is 0 Å². The highest BCUT2D eigenvalue weighted by Crippen LogP contribution is 2.37. The molecule has 3 rings (SSSR count). The number of ether oxygens (including phenoxy) is 2. The Kier molecular flexibility index (Phi) is 5.28. The molecule has 2 heterocycles. The lowest BCUT2D eigenvalue weighted by atomic mass is 9.85. The molecule has 1 N–H and O–H groups in total. The highest BCUT2D eigenvalue weighted by atomic mass is 19.1. The van der Waals surface area contributed by atoms with E-state index in [1.165, 1.54) is 6.07 Å². The van der Waals surface area contributed by atoms with E-state index in [9.17, 15) is 4.39 Å². The van der Waals surface area contributed by atoms with Crippen molar-refractivity contribution in [3.05, 3.63) is 29.6 Å². The molecule has 4 nitrogen and oxygen atoms in total. The van der Waals surface area contributed by atoms with Crippen LogP contribution < -0.4 is 10.1 Å². The molecule has 2 aliphatic rings. The van der Waals surface area contributed by atoms with Gasteiger partial charge in [0.25, 0.3) is 0 Å². The van der Waals surface area contributed by atoms with Gasteiger partial charge in [0.05, 0.1) is 7.11 Å². The van der Waals surface area contributed by atoms with E-state index in [0.717, 1.165) is 57.8 Å². The molecule has 1 atom stereocenters. The van der Waals surface area contributed by atoms with Gasteiger partial charge in [-0.1, -0.05) is 6.07 Å². The molecule has 1 aromatic rings. The molecule has 0 radical (unpaired) electrons. The predicted molar refractivity (Wildman–Crippen MR) is 83.7 cm³/mol. The molecular formula is C17H25FN2O2. The Bertz CT molecular complexity index is 468. The number of benzene rings is 1. The molecule has 0 aliphatic carbocycles. The summed E-state index contributed by atoms with van der Waals surface area (Å²) in [6.45, 7) is 5.44. The van der Waals surface area contributed by atoms with Gasteiger partial charge >= 0.3 is 0 Å². The SMILES string of the molecule is COc1ccc([C@H](C2CCOCC2)N2CCNCC2)c(F)c1. The smallest absolute Gasteiger partial charge is 0.131 e. The van der Waals surface area contributed by atoms with Crippen LogP contribution in [0.3, 0.4) is 0 Å². The quantitative estimate of drug-likeness (QED) is 0.925. The van der Waals surface area contributed by atoms with Crippen LogP contribution in [0.1, 0.15) is 24.4 Å². The molecule has 2 aliphatic heterocycles. The third-order valence-corrected chi connectivity index (χ3v) is 4.78. The first-order valence-corrected chi connectivity index (χ1v) is 8.15. The summed E-state index contributed by atoms with van der Waals surface area (Å²) in [6.07, 6.45) is 2.00. The topological polar surface area (TPSA) is 33.7 Å². The summed E-state index contributed by atoms with van der Waals surface area (Å²) in [4.78, 5) is 2.43. The number of piperazine rings is 1. The van der Waals surface area contributed by atoms with Gasteiger partial charge in [0.1, 0.15) is 11.6 Å². The number of methoxy groups -OCH3 is 1. The Hall–Kier alpha value is -1.17. The summed E-state index contributed by atoms with van der Waals surface area (Å²) >= 11 is 0. The third-order valence-electron chi connectivity index (χ3n) is 4.78. The third kappa shape index (κ3) is 3.42. The molecule has 0 bridgehead atoms. The second kappa shape index (κ2) is 7.40. The van der Waals surface area contributed by atoms with Gasteiger partial charge in [-0.3, -0.25) is 4.90 Å². The number of hydrogen-bond acceptors (Lipinski definition) is 4. The second-order valence-electron chi connectivity index (χ2n) is 6.07. The van der Waals surface area contributed by atoms with Crippen molar-refractivity contribution in [2.24, 2.45) is 5.92 Å². The van der Waals surface area contributed by atoms with Gasteiger partial charge in [0, 0.05) is 57.1 Å². The predicted octanol–water partition coefficient (Wildman–Crippen LogP) is 2.21. The zero-order chi connectivity index (χ0) is 15.4. The summed E-state index contributed by atoms with van der Waals surface area (Å²) in [5.74, 6) is 0.872. The van der Waals surface area contributed by atoms with Crippen molar-refractivity contribution < 1.29 is 13.9 Å². The van der Waals surface area contributed by atoms with E-state index < -0.39 is 0 Å². The van der Waals surface area contributed by atoms with Crippen molar-refractivity contribution in [3.8, 4) is 5.75 Å². The van der Waals surface area contributed by atoms with Crippen LogP contribution in [0, 0.1) is 11.7 Å². The molecule has 0 unspecified atom stereocenters. The summed E-state index contributed by atoms with van der Waals surface area (Å²) in [6, 6.07) is 5.41. The Balaban J connectivity index is 1.89. The molecule has 0 saturated carbocycles. The van der Waals surface area contributed by atoms with Crippen molar-refractivity contribution in [3.63, 3.8) is 0 Å². The zero-order valence-corrected chi connectivity index (χ0v) is 13.2. The lowest BCUT2D eigenvalue weighted by molar-refractivity contribution is 0.0202. The van der Waals surface area contributed by atoms with Gasteiger partial charge in [-0.05, 0) is 24.8 Å². The second-order valence-corrected chi connectivity index (χ2v) is 6.07. The van der Waals surface area contributed by atoms with Crippen molar-refractivity contribution in [2.75, 3.05) is 46.5 Å². The van der Waals surface area contributed by atoms with E-state index in [4.69, 9.17) is 9.47 Å². The summed E-state index contributed by atoms with van der Waals surface area (Å²) in [7, 11) is 1.57. The lowest BCUT2D eigenvalue weighted by Gasteiger charge is -2.41. The fourth-order valence-corrected chi connectivity index (χ4v) is 3.62. The van der Waals surface area contributed by atoms with Crippen LogP contribution in [0.15, 0.2) is 18.2 Å². The van der Waals surface area contributed by atoms with E-state index >= 15 is 0 Å². The maximum absolute atomic E-state index is 14.6. The summed E-state index contributed by atoms with van der Waals surface area (Å²) < 4.78 is 25.3. The molecule has 122 valence electrons. The molecule has 2 saturated heterocycles. The monoisotopic (exact) mass is 308 g/mol. The van der Waals surface area contributed by atoms with Crippen LogP contribution in [-0.2, 0) is 4.74 Å². The molecule has 1 aromatic carbocycles. The zero-order valence-electron chi connectivity index (χ0n) is 13.2. The first-order valence-electron chi connectivity index (χ1n) is 8.15. The van der Waals surface area contributed by atoms with Crippen molar-refractivity contribution in [2.45, 2.75) is 18.9 Å². The Morgan fingerprint density at radius 1 is 1.27 bits per heavy atom. The fraction of sp³-hybridized carbons (Fsp3) is 0.647. The van der Waals surface area contributed by atoms with E-state index in [1.54, 1.807) is 7.11 Å². The standard InChI is InChI=1S/C17H25FN2O2/c1-21-14-2-3-15(16(18)12-14)17(13-4-10-22-11-5-13)20-8-6-19-7-9-20/h2-3,12-13,17,19H,4-11H2,1H3/t17-/m0/s1. The number of halogens is 1. The van der Waals surface area contributed by atoms with Gasteiger partial charge < -0.3 is 14.8 Å². The normalized spacial score (nSPS) is 22.5. The van der Waals surface area contributed by atoms with E-state index in [0.29, 0.717) is 11.7 Å². The Morgan fingerprint density at radius 3 is 2.64 bits per heavy atom. The van der Waals surface area contributed by atoms with E-state index in [-0.39, 0.29) is 11.9 Å². The molecular weight excluding hydrogens is 283 g/mol. The van der Waals surface area contributed by atoms with Gasteiger partial charge in [-0.15, -0.1) is 0 Å². The number of rotatable bonds is 4. The minimum absolute atomic E-state index is 0.136. The average Bonchev–Trinajstić information content (AvgIpc) is 2.58. The van der Waals surface area contributed by atoms with Gasteiger partial charge in [0.2, 0.25) is 0 Å². The average molecular weight is 308 g/mol. The summed E-state index contributed by atoms with van der Waals surface area (Å²) in [5.41, 5.74) is 0.801. The highest BCUT2D eigenvalue weighted by molar-refractivity contribution is 5.31. The van der Waals surface area contributed by atoms with E-state index in [2.05, 4.69) is 10.2 Å². The van der Waals surface area contributed by atoms with Gasteiger partial charge in [-0.25, -0.2) is 4.39 Å². The molecule has 5 heteroatoms. The Morgan fingerprint density at radius 2 is 2.00 bits per heavy atom. The maximum Gasteiger partial charge on any atom is 0.131 e. The van der Waals surface area contributed by atoms with Crippen LogP contribution >= 0.6 is 0 Å². The van der Waals surface area contributed by atoms with Crippen molar-refractivity contribution in [1.82, 2.24) is 10.2 Å². The number of nitrogens with zero attached hydrogens (tertiary/aromatic N) is 1. The van der Waals surface area contributed by atoms with E-state index in [1.807, 2.05) is 12.1 Å².